The number of rotatable bonds is 7. The number of carbonyl (C=O) groups excluding carboxylic acids is 2. The Morgan fingerprint density at radius 2 is 1.97 bits per heavy atom. The van der Waals surface area contributed by atoms with Gasteiger partial charge in [0.05, 0.1) is 23.9 Å². The van der Waals surface area contributed by atoms with Crippen LogP contribution in [-0.2, 0) is 0 Å². The minimum Gasteiger partial charge on any atom is -0.733 e. The zero-order valence-corrected chi connectivity index (χ0v) is 16.1. The van der Waals surface area contributed by atoms with E-state index >= 15 is 0 Å². The first kappa shape index (κ1) is 20.3. The van der Waals surface area contributed by atoms with Gasteiger partial charge in [-0.05, 0) is 53.9 Å². The average molecular weight is 410 g/mol. The van der Waals surface area contributed by atoms with Crippen LogP contribution in [-0.4, -0.2) is 24.1 Å². The van der Waals surface area contributed by atoms with Crippen molar-refractivity contribution >= 4 is 34.9 Å². The number of nitrogens with zero attached hydrogens (tertiary/aromatic N) is 1. The highest BCUT2D eigenvalue weighted by atomic mass is 32.1. The number of ether oxygens (including phenoxy) is 2. The van der Waals surface area contributed by atoms with E-state index in [1.165, 1.54) is 60.9 Å². The van der Waals surface area contributed by atoms with Crippen LogP contribution >= 0.6 is 11.3 Å². The first-order valence-corrected chi connectivity index (χ1v) is 9.28. The fourth-order valence-electron chi connectivity index (χ4n) is 2.46. The Labute approximate surface area is 170 Å². The largest absolute Gasteiger partial charge is 0.733 e. The molecule has 0 spiro atoms. The first-order valence-electron chi connectivity index (χ1n) is 8.40. The lowest BCUT2D eigenvalue weighted by molar-refractivity contribution is 0.0733. The molecular formula is C21H16NO6S-. The molecule has 0 aliphatic heterocycles. The molecule has 29 heavy (non-hydrogen) atoms. The fraction of sp³-hybridized carbons (Fsp3) is 0.0476. The van der Waals surface area contributed by atoms with E-state index in [1.807, 2.05) is 17.5 Å². The predicted octanol–water partition coefficient (Wildman–Crippen LogP) is 4.57. The summed E-state index contributed by atoms with van der Waals surface area (Å²) < 4.78 is 10.5. The highest BCUT2D eigenvalue weighted by molar-refractivity contribution is 7.10. The van der Waals surface area contributed by atoms with Crippen molar-refractivity contribution in [3.63, 3.8) is 0 Å². The lowest BCUT2D eigenvalue weighted by Gasteiger charge is -2.21. The number of hydrogen-bond donors (Lipinski definition) is 1. The summed E-state index contributed by atoms with van der Waals surface area (Å²) in [6, 6.07) is 13.6. The minimum absolute atomic E-state index is 0.0172. The molecule has 3 rings (SSSR count). The standard InChI is InChI=1S/C21H16NO6S/c1-27-16-7-9-18(19(23)10-8-17-6-3-11-29-17)20(13-16)28-21(24)14-4-2-5-15(12-14)22(25)26/h2-13,25H,1H3/q-1. The molecule has 7 nitrogen and oxygen atoms in total. The molecule has 0 unspecified atom stereocenters. The van der Waals surface area contributed by atoms with E-state index in [0.29, 0.717) is 5.75 Å². The molecule has 0 fully saturated rings. The van der Waals surface area contributed by atoms with Gasteiger partial charge in [-0.15, -0.1) is 11.3 Å². The van der Waals surface area contributed by atoms with Crippen molar-refractivity contribution in [2.75, 3.05) is 12.3 Å². The van der Waals surface area contributed by atoms with Crippen molar-refractivity contribution in [3.8, 4) is 11.5 Å². The Morgan fingerprint density at radius 1 is 1.14 bits per heavy atom. The maximum atomic E-state index is 12.6. The molecule has 0 amide bonds. The molecule has 0 atom stereocenters. The summed E-state index contributed by atoms with van der Waals surface area (Å²) in [5, 5.41) is 21.6. The molecule has 1 aromatic heterocycles. The van der Waals surface area contributed by atoms with Crippen LogP contribution in [0.2, 0.25) is 0 Å². The van der Waals surface area contributed by atoms with E-state index in [1.54, 1.807) is 12.1 Å². The number of hydrogen-bond acceptors (Lipinski definition) is 8. The van der Waals surface area contributed by atoms with Gasteiger partial charge in [-0.3, -0.25) is 10.0 Å². The smallest absolute Gasteiger partial charge is 0.343 e. The Balaban J connectivity index is 1.88. The van der Waals surface area contributed by atoms with Gasteiger partial charge in [0.15, 0.2) is 5.78 Å². The Hall–Kier alpha value is -3.46. The summed E-state index contributed by atoms with van der Waals surface area (Å²) in [6.45, 7) is 0. The molecule has 1 N–H and O–H groups in total. The first-order chi connectivity index (χ1) is 14.0. The van der Waals surface area contributed by atoms with E-state index in [0.717, 1.165) is 4.88 Å². The maximum Gasteiger partial charge on any atom is 0.343 e. The van der Waals surface area contributed by atoms with Gasteiger partial charge in [-0.1, -0.05) is 12.1 Å². The molecule has 0 radical (unpaired) electrons. The van der Waals surface area contributed by atoms with Crippen molar-refractivity contribution in [2.24, 2.45) is 0 Å². The monoisotopic (exact) mass is 410 g/mol. The number of allylic oxidation sites excluding steroid dienone is 1. The van der Waals surface area contributed by atoms with Crippen molar-refractivity contribution in [1.82, 2.24) is 0 Å². The second-order valence-electron chi connectivity index (χ2n) is 5.79. The van der Waals surface area contributed by atoms with Crippen LogP contribution in [0.25, 0.3) is 6.08 Å². The van der Waals surface area contributed by atoms with Gasteiger partial charge in [-0.2, -0.15) is 0 Å². The lowest BCUT2D eigenvalue weighted by Crippen LogP contribution is -2.13. The molecule has 0 saturated carbocycles. The third kappa shape index (κ3) is 5.08. The molecule has 0 aliphatic carbocycles. The van der Waals surface area contributed by atoms with Gasteiger partial charge in [0, 0.05) is 10.9 Å². The quantitative estimate of drug-likeness (QED) is 0.200. The number of ketones is 1. The second kappa shape index (κ2) is 9.16. The van der Waals surface area contributed by atoms with Gasteiger partial charge < -0.3 is 19.9 Å². The molecule has 3 aromatic rings. The van der Waals surface area contributed by atoms with Gasteiger partial charge in [0.2, 0.25) is 0 Å². The van der Waals surface area contributed by atoms with E-state index in [2.05, 4.69) is 0 Å². The van der Waals surface area contributed by atoms with Crippen molar-refractivity contribution in [3.05, 3.63) is 87.3 Å². The molecule has 1 heterocycles. The summed E-state index contributed by atoms with van der Waals surface area (Å²) in [7, 11) is 1.45. The molecule has 0 saturated heterocycles. The van der Waals surface area contributed by atoms with Crippen molar-refractivity contribution in [2.45, 2.75) is 0 Å². The normalized spacial score (nSPS) is 10.7. The van der Waals surface area contributed by atoms with Crippen LogP contribution in [0, 0.1) is 5.21 Å². The summed E-state index contributed by atoms with van der Waals surface area (Å²) in [4.78, 5) is 26.1. The van der Waals surface area contributed by atoms with Crippen LogP contribution in [0.4, 0.5) is 5.69 Å². The molecule has 148 valence electrons. The summed E-state index contributed by atoms with van der Waals surface area (Å²) in [5.41, 5.74) is 0.0868. The highest BCUT2D eigenvalue weighted by Gasteiger charge is 2.17. The fourth-order valence-corrected chi connectivity index (χ4v) is 3.08. The van der Waals surface area contributed by atoms with E-state index in [-0.39, 0.29) is 33.6 Å². The van der Waals surface area contributed by atoms with Crippen LogP contribution in [0.15, 0.2) is 66.1 Å². The van der Waals surface area contributed by atoms with E-state index in [9.17, 15) is 14.8 Å². The number of benzene rings is 2. The van der Waals surface area contributed by atoms with Crippen LogP contribution < -0.4 is 14.7 Å². The summed E-state index contributed by atoms with van der Waals surface area (Å²) in [6.07, 6.45) is 3.07. The number of thiophene rings is 1. The third-order valence-electron chi connectivity index (χ3n) is 3.90. The number of anilines is 1. The number of carbonyl (C=O) groups is 2. The summed E-state index contributed by atoms with van der Waals surface area (Å²) in [5.74, 6) is -0.720. The number of esters is 1. The Morgan fingerprint density at radius 3 is 2.66 bits per heavy atom. The number of methoxy groups -OCH3 is 1. The Bertz CT molecular complexity index is 1040. The molecule has 0 aliphatic rings. The molecule has 2 aromatic carbocycles. The second-order valence-corrected chi connectivity index (χ2v) is 6.77. The van der Waals surface area contributed by atoms with Crippen LogP contribution in [0.3, 0.4) is 0 Å². The van der Waals surface area contributed by atoms with E-state index in [4.69, 9.17) is 14.7 Å². The summed E-state index contributed by atoms with van der Waals surface area (Å²) >= 11 is 1.49. The molecule has 0 bridgehead atoms. The Kier molecular flexibility index (Phi) is 6.40. The highest BCUT2D eigenvalue weighted by Crippen LogP contribution is 2.27. The SMILES string of the molecule is COc1ccc(C(=O)C=Cc2cccs2)c(OC(=O)c2cccc(N([O-])O)c2)c1. The zero-order valence-electron chi connectivity index (χ0n) is 15.3. The van der Waals surface area contributed by atoms with Crippen LogP contribution in [0.1, 0.15) is 25.6 Å². The molecular weight excluding hydrogens is 394 g/mol. The topological polar surface area (TPSA) is 99.1 Å². The van der Waals surface area contributed by atoms with Gasteiger partial charge in [-0.25, -0.2) is 4.79 Å². The third-order valence-corrected chi connectivity index (χ3v) is 4.74. The van der Waals surface area contributed by atoms with Crippen LogP contribution in [0.5, 0.6) is 11.5 Å². The van der Waals surface area contributed by atoms with Gasteiger partial charge in [0.1, 0.15) is 11.5 Å². The zero-order chi connectivity index (χ0) is 20.8. The van der Waals surface area contributed by atoms with Gasteiger partial charge in [0.25, 0.3) is 0 Å². The maximum absolute atomic E-state index is 12.6. The van der Waals surface area contributed by atoms with Crippen molar-refractivity contribution in [1.29, 1.82) is 0 Å². The van der Waals surface area contributed by atoms with E-state index < -0.39 is 5.97 Å². The molecule has 8 heteroatoms. The van der Waals surface area contributed by atoms with Crippen molar-refractivity contribution < 1.29 is 24.3 Å². The average Bonchev–Trinajstić information content (AvgIpc) is 3.25. The lowest BCUT2D eigenvalue weighted by atomic mass is 10.1. The minimum atomic E-state index is -0.793. The van der Waals surface area contributed by atoms with Gasteiger partial charge >= 0.3 is 5.97 Å². The predicted molar refractivity (Wildman–Crippen MR) is 110 cm³/mol.